The summed E-state index contributed by atoms with van der Waals surface area (Å²) >= 11 is 5.78. The van der Waals surface area contributed by atoms with Crippen LogP contribution in [0.5, 0.6) is 0 Å². The maximum atomic E-state index is 13.0. The molecule has 1 saturated heterocycles. The SMILES string of the molecule is CCc1ccccc1NC(=O)CCN1C(=S)NC(c2ccccn2)C1c1cccn1-c1ccc(C(=O)O)cc1. The molecule has 5 rings (SSSR count). The van der Waals surface area contributed by atoms with Crippen molar-refractivity contribution in [3.05, 3.63) is 114 Å². The second-order valence-electron chi connectivity index (χ2n) is 9.28. The summed E-state index contributed by atoms with van der Waals surface area (Å²) in [5, 5.41) is 16.3. The highest BCUT2D eigenvalue weighted by Gasteiger charge is 2.41. The summed E-state index contributed by atoms with van der Waals surface area (Å²) < 4.78 is 2.02. The number of nitrogens with one attached hydrogen (secondary N) is 2. The van der Waals surface area contributed by atoms with Crippen LogP contribution in [0.25, 0.3) is 5.69 Å². The number of pyridine rings is 1. The molecule has 8 nitrogen and oxygen atoms in total. The first kappa shape index (κ1) is 26.1. The van der Waals surface area contributed by atoms with Gasteiger partial charge in [0.25, 0.3) is 0 Å². The first-order valence-corrected chi connectivity index (χ1v) is 13.2. The van der Waals surface area contributed by atoms with Crippen molar-refractivity contribution in [1.82, 2.24) is 19.8 Å². The molecule has 198 valence electrons. The van der Waals surface area contributed by atoms with E-state index in [0.717, 1.165) is 34.7 Å². The van der Waals surface area contributed by atoms with Crippen molar-refractivity contribution < 1.29 is 14.7 Å². The van der Waals surface area contributed by atoms with Crippen molar-refractivity contribution in [2.75, 3.05) is 11.9 Å². The van der Waals surface area contributed by atoms with E-state index in [1.54, 1.807) is 30.5 Å². The molecule has 2 atom stereocenters. The van der Waals surface area contributed by atoms with Crippen molar-refractivity contribution in [2.24, 2.45) is 0 Å². The molecule has 1 fully saturated rings. The number of carbonyl (C=O) groups is 2. The molecular formula is C30H29N5O3S. The van der Waals surface area contributed by atoms with Crippen LogP contribution in [-0.2, 0) is 11.2 Å². The zero-order chi connectivity index (χ0) is 27.4. The van der Waals surface area contributed by atoms with Gasteiger partial charge in [0.05, 0.1) is 23.3 Å². The molecule has 0 bridgehead atoms. The third-order valence-corrected chi connectivity index (χ3v) is 7.28. The minimum atomic E-state index is -0.971. The molecule has 2 unspecified atom stereocenters. The van der Waals surface area contributed by atoms with E-state index in [9.17, 15) is 14.7 Å². The second kappa shape index (κ2) is 11.5. The highest BCUT2D eigenvalue weighted by Crippen LogP contribution is 2.39. The number of hydrogen-bond donors (Lipinski definition) is 3. The van der Waals surface area contributed by atoms with Crippen molar-refractivity contribution in [1.29, 1.82) is 0 Å². The summed E-state index contributed by atoms with van der Waals surface area (Å²) in [5.74, 6) is -1.06. The monoisotopic (exact) mass is 539 g/mol. The van der Waals surface area contributed by atoms with Gasteiger partial charge in [-0.25, -0.2) is 4.79 Å². The largest absolute Gasteiger partial charge is 0.478 e. The predicted molar refractivity (Wildman–Crippen MR) is 154 cm³/mol. The molecule has 9 heteroatoms. The van der Waals surface area contributed by atoms with Crippen LogP contribution in [0.3, 0.4) is 0 Å². The summed E-state index contributed by atoms with van der Waals surface area (Å²) in [7, 11) is 0. The Labute approximate surface area is 232 Å². The molecular weight excluding hydrogens is 510 g/mol. The Kier molecular flexibility index (Phi) is 7.69. The van der Waals surface area contributed by atoms with Crippen LogP contribution in [0.2, 0.25) is 0 Å². The fourth-order valence-electron chi connectivity index (χ4n) is 4.99. The zero-order valence-corrected chi connectivity index (χ0v) is 22.3. The normalized spacial score (nSPS) is 16.6. The van der Waals surface area contributed by atoms with Gasteiger partial charge >= 0.3 is 5.97 Å². The molecule has 0 saturated carbocycles. The number of aromatic carboxylic acids is 1. The number of aryl methyl sites for hydroxylation is 1. The lowest BCUT2D eigenvalue weighted by Gasteiger charge is -2.29. The molecule has 2 aromatic carbocycles. The number of rotatable bonds is 9. The molecule has 0 aliphatic carbocycles. The predicted octanol–water partition coefficient (Wildman–Crippen LogP) is 5.13. The topological polar surface area (TPSA) is 99.5 Å². The Hall–Kier alpha value is -4.50. The lowest BCUT2D eigenvalue weighted by atomic mass is 10.0. The summed E-state index contributed by atoms with van der Waals surface area (Å²) in [6.07, 6.45) is 4.77. The number of amides is 1. The number of anilines is 1. The standard InChI is InChI=1S/C30H29N5O3S/c1-2-20-8-3-4-9-23(20)32-26(36)16-19-35-28(27(33-30(35)39)24-10-5-6-17-31-24)25-11-7-18-34(25)22-14-12-21(13-15-22)29(37)38/h3-15,17-18,27-28H,2,16,19H2,1H3,(H,32,36)(H,33,39)(H,37,38). The van der Waals surface area contributed by atoms with Crippen molar-refractivity contribution >= 4 is 34.9 Å². The molecule has 1 aliphatic rings. The molecule has 0 spiro atoms. The molecule has 0 radical (unpaired) electrons. The minimum absolute atomic E-state index is 0.0848. The lowest BCUT2D eigenvalue weighted by molar-refractivity contribution is -0.116. The number of aromatic nitrogens is 2. The zero-order valence-electron chi connectivity index (χ0n) is 21.4. The summed E-state index contributed by atoms with van der Waals surface area (Å²) in [6, 6.07) is 23.8. The van der Waals surface area contributed by atoms with Gasteiger partial charge in [-0.2, -0.15) is 0 Å². The summed E-state index contributed by atoms with van der Waals surface area (Å²) in [4.78, 5) is 31.0. The van der Waals surface area contributed by atoms with Gasteiger partial charge in [0.1, 0.15) is 0 Å². The van der Waals surface area contributed by atoms with E-state index in [1.165, 1.54) is 0 Å². The van der Waals surface area contributed by atoms with Gasteiger partial charge in [0.15, 0.2) is 5.11 Å². The Morgan fingerprint density at radius 1 is 1.03 bits per heavy atom. The average Bonchev–Trinajstić information content (AvgIpc) is 3.57. The van der Waals surface area contributed by atoms with Crippen molar-refractivity contribution in [2.45, 2.75) is 31.8 Å². The summed E-state index contributed by atoms with van der Waals surface area (Å²) in [5.41, 5.74) is 4.74. The molecule has 1 aliphatic heterocycles. The lowest BCUT2D eigenvalue weighted by Crippen LogP contribution is -2.33. The number of thiocarbonyl (C=S) groups is 1. The van der Waals surface area contributed by atoms with Gasteiger partial charge in [-0.05, 0) is 78.8 Å². The number of nitrogens with zero attached hydrogens (tertiary/aromatic N) is 3. The smallest absolute Gasteiger partial charge is 0.335 e. The van der Waals surface area contributed by atoms with E-state index in [-0.39, 0.29) is 30.0 Å². The second-order valence-corrected chi connectivity index (χ2v) is 9.67. The molecule has 3 heterocycles. The van der Waals surface area contributed by atoms with E-state index in [4.69, 9.17) is 12.2 Å². The molecule has 4 aromatic rings. The third-order valence-electron chi connectivity index (χ3n) is 6.93. The third kappa shape index (κ3) is 5.53. The van der Waals surface area contributed by atoms with Crippen LogP contribution < -0.4 is 10.6 Å². The minimum Gasteiger partial charge on any atom is -0.478 e. The van der Waals surface area contributed by atoms with E-state index in [0.29, 0.717) is 11.7 Å². The fourth-order valence-corrected chi connectivity index (χ4v) is 5.32. The average molecular weight is 540 g/mol. The quantitative estimate of drug-likeness (QED) is 0.254. The highest BCUT2D eigenvalue weighted by molar-refractivity contribution is 7.80. The van der Waals surface area contributed by atoms with Crippen molar-refractivity contribution in [3.63, 3.8) is 0 Å². The molecule has 2 aromatic heterocycles. The number of carboxylic acid groups (broad SMARTS) is 1. The van der Waals surface area contributed by atoms with Crippen LogP contribution in [0.4, 0.5) is 5.69 Å². The Morgan fingerprint density at radius 3 is 2.51 bits per heavy atom. The summed E-state index contributed by atoms with van der Waals surface area (Å²) in [6.45, 7) is 2.47. The molecule has 39 heavy (non-hydrogen) atoms. The van der Waals surface area contributed by atoms with Crippen LogP contribution in [0, 0.1) is 0 Å². The first-order valence-electron chi connectivity index (χ1n) is 12.8. The van der Waals surface area contributed by atoms with E-state index < -0.39 is 5.97 Å². The van der Waals surface area contributed by atoms with Crippen LogP contribution >= 0.6 is 12.2 Å². The van der Waals surface area contributed by atoms with Gasteiger partial charge in [0, 0.05) is 42.4 Å². The number of hydrogen-bond acceptors (Lipinski definition) is 4. The number of para-hydroxylation sites is 1. The Morgan fingerprint density at radius 2 is 1.79 bits per heavy atom. The number of carbonyl (C=O) groups excluding carboxylic acids is 1. The number of benzene rings is 2. The van der Waals surface area contributed by atoms with Gasteiger partial charge in [-0.15, -0.1) is 0 Å². The maximum Gasteiger partial charge on any atom is 0.335 e. The van der Waals surface area contributed by atoms with E-state index in [2.05, 4.69) is 22.5 Å². The van der Waals surface area contributed by atoms with E-state index >= 15 is 0 Å². The Bertz CT molecular complexity index is 1490. The Balaban J connectivity index is 1.44. The number of carboxylic acids is 1. The molecule has 1 amide bonds. The van der Waals surface area contributed by atoms with Gasteiger partial charge < -0.3 is 25.2 Å². The van der Waals surface area contributed by atoms with Crippen molar-refractivity contribution in [3.8, 4) is 5.69 Å². The first-order chi connectivity index (χ1) is 19.0. The van der Waals surface area contributed by atoms with Gasteiger partial charge in [-0.1, -0.05) is 31.2 Å². The van der Waals surface area contributed by atoms with Gasteiger partial charge in [0.2, 0.25) is 5.91 Å². The fraction of sp³-hybridized carbons (Fsp3) is 0.200. The van der Waals surface area contributed by atoms with Crippen LogP contribution in [0.1, 0.15) is 52.7 Å². The molecule has 3 N–H and O–H groups in total. The van der Waals surface area contributed by atoms with Gasteiger partial charge in [-0.3, -0.25) is 9.78 Å². The van der Waals surface area contributed by atoms with Crippen LogP contribution in [-0.4, -0.2) is 43.1 Å². The van der Waals surface area contributed by atoms with E-state index in [1.807, 2.05) is 70.3 Å². The van der Waals surface area contributed by atoms with Crippen LogP contribution in [0.15, 0.2) is 91.3 Å². The highest BCUT2D eigenvalue weighted by atomic mass is 32.1. The maximum absolute atomic E-state index is 13.0.